The molecule has 0 radical (unpaired) electrons. The number of amides is 2. The largest absolute Gasteiger partial charge is 0.478 e. The van der Waals surface area contributed by atoms with E-state index in [1.54, 1.807) is 42.5 Å². The quantitative estimate of drug-likeness (QED) is 0.470. The summed E-state index contributed by atoms with van der Waals surface area (Å²) in [6, 6.07) is 15.6. The molecule has 8 heteroatoms. The number of benzene rings is 2. The number of rotatable bonds is 7. The average Bonchev–Trinajstić information content (AvgIpc) is 2.67. The summed E-state index contributed by atoms with van der Waals surface area (Å²) < 4.78 is 5.58. The van der Waals surface area contributed by atoms with Crippen LogP contribution < -0.4 is 20.7 Å². The normalized spacial score (nSPS) is 10.3. The van der Waals surface area contributed by atoms with Crippen molar-refractivity contribution in [1.29, 1.82) is 0 Å². The number of carbonyl (C=O) groups excluding carboxylic acids is 1. The van der Waals surface area contributed by atoms with Crippen molar-refractivity contribution in [3.8, 4) is 5.88 Å². The Morgan fingerprint density at radius 2 is 1.72 bits per heavy atom. The van der Waals surface area contributed by atoms with Gasteiger partial charge < -0.3 is 20.7 Å². The Kier molecular flexibility index (Phi) is 6.86. The van der Waals surface area contributed by atoms with Gasteiger partial charge in [0.2, 0.25) is 5.88 Å². The van der Waals surface area contributed by atoms with Gasteiger partial charge in [-0.1, -0.05) is 24.6 Å². The summed E-state index contributed by atoms with van der Waals surface area (Å²) in [5, 5.41) is 9.28. The lowest BCUT2D eigenvalue weighted by molar-refractivity contribution is 0.262. The Hall–Kier alpha value is -3.32. The first-order chi connectivity index (χ1) is 14.0. The lowest BCUT2D eigenvalue weighted by atomic mass is 10.2. The molecular formula is C21H22ClN5O2. The number of carbonyl (C=O) groups is 1. The third kappa shape index (κ3) is 6.36. The van der Waals surface area contributed by atoms with E-state index in [1.165, 1.54) is 0 Å². The van der Waals surface area contributed by atoms with E-state index in [0.29, 0.717) is 40.5 Å². The van der Waals surface area contributed by atoms with Crippen LogP contribution in [0.15, 0.2) is 54.6 Å². The molecular weight excluding hydrogens is 390 g/mol. The highest BCUT2D eigenvalue weighted by atomic mass is 35.5. The lowest BCUT2D eigenvalue weighted by Crippen LogP contribution is -2.19. The summed E-state index contributed by atoms with van der Waals surface area (Å²) in [7, 11) is 0. The maximum atomic E-state index is 12.1. The van der Waals surface area contributed by atoms with Crippen molar-refractivity contribution >= 4 is 40.5 Å². The van der Waals surface area contributed by atoms with Gasteiger partial charge in [0.25, 0.3) is 0 Å². The molecule has 0 aliphatic rings. The molecule has 1 heterocycles. The first-order valence-corrected chi connectivity index (χ1v) is 9.59. The Bertz CT molecular complexity index is 979. The van der Waals surface area contributed by atoms with Crippen LogP contribution >= 0.6 is 11.6 Å². The zero-order chi connectivity index (χ0) is 20.6. The molecule has 0 fully saturated rings. The average molecular weight is 412 g/mol. The molecule has 0 bridgehead atoms. The van der Waals surface area contributed by atoms with Gasteiger partial charge in [0.15, 0.2) is 0 Å². The smallest absolute Gasteiger partial charge is 0.323 e. The molecule has 3 N–H and O–H groups in total. The summed E-state index contributed by atoms with van der Waals surface area (Å²) in [6.07, 6.45) is 0.908. The molecule has 7 nitrogen and oxygen atoms in total. The molecule has 0 saturated heterocycles. The van der Waals surface area contributed by atoms with Crippen LogP contribution in [0.5, 0.6) is 5.88 Å². The van der Waals surface area contributed by atoms with Crippen molar-refractivity contribution in [3.05, 3.63) is 65.4 Å². The number of anilines is 4. The molecule has 0 spiro atoms. The Balaban J connectivity index is 1.60. The first kappa shape index (κ1) is 20.4. The number of aromatic nitrogens is 2. The molecule has 0 saturated carbocycles. The minimum Gasteiger partial charge on any atom is -0.478 e. The number of ether oxygens (including phenoxy) is 1. The fraction of sp³-hybridized carbons (Fsp3) is 0.190. The number of urea groups is 1. The van der Waals surface area contributed by atoms with Crippen molar-refractivity contribution in [2.75, 3.05) is 22.6 Å². The molecule has 29 heavy (non-hydrogen) atoms. The van der Waals surface area contributed by atoms with Crippen LogP contribution in [0.3, 0.4) is 0 Å². The van der Waals surface area contributed by atoms with E-state index >= 15 is 0 Å². The second-order valence-corrected chi connectivity index (χ2v) is 6.72. The second kappa shape index (κ2) is 9.75. The number of aryl methyl sites for hydroxylation is 1. The third-order valence-corrected chi connectivity index (χ3v) is 4.00. The SMILES string of the molecule is CCCOc1cc(Nc2ccc(NC(=O)Nc3cccc(Cl)c3)cc2)nc(C)n1. The van der Waals surface area contributed by atoms with Gasteiger partial charge in [-0.05, 0) is 55.8 Å². The van der Waals surface area contributed by atoms with Crippen LogP contribution in [0.25, 0.3) is 0 Å². The van der Waals surface area contributed by atoms with Crippen molar-refractivity contribution in [2.45, 2.75) is 20.3 Å². The lowest BCUT2D eigenvalue weighted by Gasteiger charge is -2.11. The highest BCUT2D eigenvalue weighted by Crippen LogP contribution is 2.21. The van der Waals surface area contributed by atoms with Gasteiger partial charge in [0, 0.05) is 28.2 Å². The molecule has 0 aliphatic heterocycles. The molecule has 1 aromatic heterocycles. The first-order valence-electron chi connectivity index (χ1n) is 9.21. The Morgan fingerprint density at radius 3 is 2.45 bits per heavy atom. The van der Waals surface area contributed by atoms with Crippen LogP contribution in [0.1, 0.15) is 19.2 Å². The minimum absolute atomic E-state index is 0.350. The molecule has 0 aliphatic carbocycles. The fourth-order valence-electron chi connectivity index (χ4n) is 2.53. The minimum atomic E-state index is -0.350. The highest BCUT2D eigenvalue weighted by molar-refractivity contribution is 6.30. The second-order valence-electron chi connectivity index (χ2n) is 6.28. The molecule has 0 atom stereocenters. The van der Waals surface area contributed by atoms with E-state index in [4.69, 9.17) is 16.3 Å². The van der Waals surface area contributed by atoms with Gasteiger partial charge in [-0.3, -0.25) is 0 Å². The van der Waals surface area contributed by atoms with Crippen LogP contribution in [-0.4, -0.2) is 22.6 Å². The molecule has 2 aromatic carbocycles. The summed E-state index contributed by atoms with van der Waals surface area (Å²) >= 11 is 5.92. The van der Waals surface area contributed by atoms with E-state index < -0.39 is 0 Å². The summed E-state index contributed by atoms with van der Waals surface area (Å²) in [5.74, 6) is 1.80. The van der Waals surface area contributed by atoms with Crippen LogP contribution in [0.2, 0.25) is 5.02 Å². The van der Waals surface area contributed by atoms with Crippen LogP contribution in [0.4, 0.5) is 27.7 Å². The highest BCUT2D eigenvalue weighted by Gasteiger charge is 2.06. The zero-order valence-corrected chi connectivity index (χ0v) is 17.0. The summed E-state index contributed by atoms with van der Waals surface area (Å²) in [5.41, 5.74) is 2.10. The van der Waals surface area contributed by atoms with Crippen molar-refractivity contribution in [2.24, 2.45) is 0 Å². The Morgan fingerprint density at radius 1 is 1.00 bits per heavy atom. The predicted octanol–water partition coefficient (Wildman–Crippen LogP) is 5.61. The van der Waals surface area contributed by atoms with Gasteiger partial charge in [-0.15, -0.1) is 0 Å². The number of hydrogen-bond donors (Lipinski definition) is 3. The maximum absolute atomic E-state index is 12.1. The standard InChI is InChI=1S/C21H22ClN5O2/c1-3-11-29-20-13-19(23-14(2)24-20)25-16-7-9-17(10-8-16)26-21(28)27-18-6-4-5-15(22)12-18/h4-10,12-13H,3,11H2,1-2H3,(H,23,24,25)(H2,26,27,28). The molecule has 3 rings (SSSR count). The number of halogens is 1. The number of hydrogen-bond acceptors (Lipinski definition) is 5. The van der Waals surface area contributed by atoms with E-state index in [1.807, 2.05) is 26.0 Å². The van der Waals surface area contributed by atoms with Crippen LogP contribution in [-0.2, 0) is 0 Å². The van der Waals surface area contributed by atoms with E-state index in [-0.39, 0.29) is 6.03 Å². The topological polar surface area (TPSA) is 88.2 Å². The molecule has 2 amide bonds. The van der Waals surface area contributed by atoms with E-state index in [0.717, 1.165) is 12.1 Å². The van der Waals surface area contributed by atoms with Gasteiger partial charge in [0.05, 0.1) is 6.61 Å². The maximum Gasteiger partial charge on any atom is 0.323 e. The van der Waals surface area contributed by atoms with Gasteiger partial charge in [0.1, 0.15) is 11.6 Å². The molecule has 3 aromatic rings. The zero-order valence-electron chi connectivity index (χ0n) is 16.2. The Labute approximate surface area is 174 Å². The van der Waals surface area contributed by atoms with Crippen molar-refractivity contribution in [1.82, 2.24) is 9.97 Å². The van der Waals surface area contributed by atoms with Gasteiger partial charge in [-0.25, -0.2) is 9.78 Å². The monoisotopic (exact) mass is 411 g/mol. The molecule has 150 valence electrons. The molecule has 0 unspecified atom stereocenters. The number of nitrogens with one attached hydrogen (secondary N) is 3. The van der Waals surface area contributed by atoms with Gasteiger partial charge in [-0.2, -0.15) is 4.98 Å². The summed E-state index contributed by atoms with van der Waals surface area (Å²) in [6.45, 7) is 4.46. The summed E-state index contributed by atoms with van der Waals surface area (Å²) in [4.78, 5) is 20.8. The number of nitrogens with zero attached hydrogens (tertiary/aromatic N) is 2. The van der Waals surface area contributed by atoms with E-state index in [2.05, 4.69) is 25.9 Å². The van der Waals surface area contributed by atoms with Crippen LogP contribution in [0, 0.1) is 6.92 Å². The van der Waals surface area contributed by atoms with Crippen molar-refractivity contribution < 1.29 is 9.53 Å². The van der Waals surface area contributed by atoms with Crippen molar-refractivity contribution in [3.63, 3.8) is 0 Å². The fourth-order valence-corrected chi connectivity index (χ4v) is 2.72. The third-order valence-electron chi connectivity index (χ3n) is 3.77. The van der Waals surface area contributed by atoms with Gasteiger partial charge >= 0.3 is 6.03 Å². The predicted molar refractivity (Wildman–Crippen MR) is 116 cm³/mol. The van der Waals surface area contributed by atoms with E-state index in [9.17, 15) is 4.79 Å².